The molecule has 0 spiro atoms. The van der Waals surface area contributed by atoms with Crippen LogP contribution in [0.2, 0.25) is 0 Å². The van der Waals surface area contributed by atoms with Crippen LogP contribution in [0.4, 0.5) is 36.1 Å². The average Bonchev–Trinajstić information content (AvgIpc) is 2.74. The molecule has 0 unspecified atom stereocenters. The van der Waals surface area contributed by atoms with Crippen molar-refractivity contribution in [3.63, 3.8) is 0 Å². The first-order chi connectivity index (χ1) is 15.5. The fourth-order valence-corrected chi connectivity index (χ4v) is 3.61. The van der Waals surface area contributed by atoms with Crippen molar-refractivity contribution in [2.24, 2.45) is 10.2 Å². The van der Waals surface area contributed by atoms with Crippen LogP contribution < -0.4 is 5.73 Å². The number of pyridine rings is 1. The molecule has 0 aliphatic rings. The molecule has 0 aliphatic heterocycles. The van der Waals surface area contributed by atoms with E-state index in [0.29, 0.717) is 23.7 Å². The van der Waals surface area contributed by atoms with Crippen LogP contribution in [0.3, 0.4) is 0 Å². The second-order valence-corrected chi connectivity index (χ2v) is 7.70. The van der Waals surface area contributed by atoms with Crippen LogP contribution in [0.1, 0.15) is 27.9 Å². The molecule has 0 aliphatic carbocycles. The van der Waals surface area contributed by atoms with Gasteiger partial charge >= 0.3 is 6.18 Å². The van der Waals surface area contributed by atoms with E-state index < -0.39 is 28.0 Å². The Bertz CT molecular complexity index is 1300. The third-order valence-corrected chi connectivity index (χ3v) is 5.26. The Hall–Kier alpha value is -3.85. The third kappa shape index (κ3) is 5.15. The number of azo groups is 1. The monoisotopic (exact) mass is 518 g/mol. The van der Waals surface area contributed by atoms with Gasteiger partial charge in [-0.05, 0) is 34.0 Å². The van der Waals surface area contributed by atoms with E-state index in [0.717, 1.165) is 11.6 Å². The number of benzene rings is 2. The Balaban J connectivity index is 2.10. The van der Waals surface area contributed by atoms with Crippen LogP contribution in [0, 0.1) is 28.4 Å². The van der Waals surface area contributed by atoms with Gasteiger partial charge in [-0.25, -0.2) is 4.98 Å². The summed E-state index contributed by atoms with van der Waals surface area (Å²) in [6.07, 6.45) is -4.61. The number of nitro groups is 1. The number of anilines is 1. The first kappa shape index (κ1) is 23.8. The maximum atomic E-state index is 13.5. The number of non-ortho nitro benzene ring substituents is 1. The fraction of sp³-hybridized carbons (Fsp3) is 0.143. The molecule has 0 atom stereocenters. The molecule has 1 heterocycles. The molecular weight excluding hydrogens is 505 g/mol. The molecule has 0 saturated carbocycles. The summed E-state index contributed by atoms with van der Waals surface area (Å²) in [7, 11) is 0. The first-order valence-corrected chi connectivity index (χ1v) is 10.0. The number of rotatable bonds is 5. The van der Waals surface area contributed by atoms with Crippen LogP contribution in [0.25, 0.3) is 0 Å². The minimum Gasteiger partial charge on any atom is -0.382 e. The molecule has 2 aromatic carbocycles. The number of nitrogen functional groups attached to an aromatic ring is 1. The highest BCUT2D eigenvalue weighted by Gasteiger charge is 2.37. The van der Waals surface area contributed by atoms with Crippen molar-refractivity contribution in [3.8, 4) is 6.07 Å². The van der Waals surface area contributed by atoms with Crippen LogP contribution in [-0.4, -0.2) is 9.91 Å². The second kappa shape index (κ2) is 9.33. The molecular formula is C21H14BrF3N6O2. The summed E-state index contributed by atoms with van der Waals surface area (Å²) >= 11 is 2.89. The van der Waals surface area contributed by atoms with Crippen molar-refractivity contribution in [2.75, 3.05) is 5.73 Å². The van der Waals surface area contributed by atoms with Gasteiger partial charge in [-0.1, -0.05) is 30.3 Å². The molecule has 1 aromatic heterocycles. The molecule has 0 fully saturated rings. The molecule has 0 amide bonds. The Morgan fingerprint density at radius 1 is 1.21 bits per heavy atom. The SMILES string of the molecule is Cc1c(C#N)c(Cc2ccccc2)nc(N)c1N=Nc1c(Br)cc([N+](=O)[O-])cc1C(F)(F)F. The molecule has 12 heteroatoms. The van der Waals surface area contributed by atoms with E-state index in [9.17, 15) is 28.5 Å². The number of aromatic nitrogens is 1. The van der Waals surface area contributed by atoms with Crippen molar-refractivity contribution in [3.05, 3.63) is 85.0 Å². The Kier molecular flexibility index (Phi) is 6.73. The van der Waals surface area contributed by atoms with E-state index in [1.54, 1.807) is 0 Å². The predicted molar refractivity (Wildman–Crippen MR) is 117 cm³/mol. The zero-order chi connectivity index (χ0) is 24.3. The first-order valence-electron chi connectivity index (χ1n) is 9.22. The number of nitriles is 1. The lowest BCUT2D eigenvalue weighted by atomic mass is 10.0. The van der Waals surface area contributed by atoms with Gasteiger partial charge in [-0.15, -0.1) is 10.2 Å². The zero-order valence-electron chi connectivity index (χ0n) is 16.9. The number of halogens is 4. The van der Waals surface area contributed by atoms with Gasteiger partial charge in [0, 0.05) is 18.6 Å². The highest BCUT2D eigenvalue weighted by molar-refractivity contribution is 9.10. The van der Waals surface area contributed by atoms with E-state index in [1.807, 2.05) is 36.4 Å². The van der Waals surface area contributed by atoms with Crippen LogP contribution in [-0.2, 0) is 12.6 Å². The van der Waals surface area contributed by atoms with Gasteiger partial charge in [-0.3, -0.25) is 10.1 Å². The largest absolute Gasteiger partial charge is 0.418 e. The van der Waals surface area contributed by atoms with Gasteiger partial charge in [0.1, 0.15) is 17.4 Å². The van der Waals surface area contributed by atoms with Crippen molar-refractivity contribution in [1.82, 2.24) is 4.98 Å². The third-order valence-electron chi connectivity index (χ3n) is 4.66. The average molecular weight is 519 g/mol. The minimum absolute atomic E-state index is 0.0678. The number of alkyl halides is 3. The van der Waals surface area contributed by atoms with E-state index in [1.165, 1.54) is 6.92 Å². The zero-order valence-corrected chi connectivity index (χ0v) is 18.5. The van der Waals surface area contributed by atoms with E-state index in [4.69, 9.17) is 5.73 Å². The van der Waals surface area contributed by atoms with Gasteiger partial charge < -0.3 is 5.73 Å². The number of hydrogen-bond acceptors (Lipinski definition) is 7. The van der Waals surface area contributed by atoms with Crippen molar-refractivity contribution >= 4 is 38.8 Å². The summed E-state index contributed by atoms with van der Waals surface area (Å²) in [5.41, 5.74) is 4.91. The smallest absolute Gasteiger partial charge is 0.382 e. The molecule has 0 radical (unpaired) electrons. The molecule has 0 bridgehead atoms. The van der Waals surface area contributed by atoms with Gasteiger partial charge in [0.25, 0.3) is 5.69 Å². The Morgan fingerprint density at radius 2 is 1.85 bits per heavy atom. The summed E-state index contributed by atoms with van der Waals surface area (Å²) in [5, 5.41) is 28.1. The lowest BCUT2D eigenvalue weighted by Crippen LogP contribution is -2.06. The second-order valence-electron chi connectivity index (χ2n) is 6.85. The summed E-state index contributed by atoms with van der Waals surface area (Å²) in [6, 6.07) is 12.5. The van der Waals surface area contributed by atoms with Crippen molar-refractivity contribution in [2.45, 2.75) is 19.5 Å². The summed E-state index contributed by atoms with van der Waals surface area (Å²) in [4.78, 5) is 14.2. The number of nitrogens with two attached hydrogens (primary N) is 1. The molecule has 3 rings (SSSR count). The minimum atomic E-state index is -4.93. The Labute approximate surface area is 193 Å². The molecule has 0 saturated heterocycles. The number of hydrogen-bond donors (Lipinski definition) is 1. The lowest BCUT2D eigenvalue weighted by Gasteiger charge is -2.12. The van der Waals surface area contributed by atoms with Gasteiger partial charge in [0.15, 0.2) is 5.82 Å². The highest BCUT2D eigenvalue weighted by Crippen LogP contribution is 2.44. The molecule has 2 N–H and O–H groups in total. The summed E-state index contributed by atoms with van der Waals surface area (Å²) < 4.78 is 40.2. The van der Waals surface area contributed by atoms with Crippen LogP contribution in [0.15, 0.2) is 57.2 Å². The van der Waals surface area contributed by atoms with Crippen molar-refractivity contribution in [1.29, 1.82) is 5.26 Å². The standard InChI is InChI=1S/C21H14BrF3N6O2/c1-11-14(10-26)17(7-12-5-3-2-4-6-12)28-20(27)18(11)29-30-19-15(21(23,24)25)8-13(31(32)33)9-16(19)22/h2-6,8-9H,7H2,1H3,(H2,27,28). The van der Waals surface area contributed by atoms with Crippen LogP contribution in [0.5, 0.6) is 0 Å². The number of nitro benzene ring substituents is 1. The molecule has 3 aromatic rings. The van der Waals surface area contributed by atoms with E-state index in [2.05, 4.69) is 31.1 Å². The van der Waals surface area contributed by atoms with Crippen molar-refractivity contribution < 1.29 is 18.1 Å². The van der Waals surface area contributed by atoms with E-state index in [-0.39, 0.29) is 21.5 Å². The lowest BCUT2D eigenvalue weighted by molar-refractivity contribution is -0.385. The molecule has 8 nitrogen and oxygen atoms in total. The topological polar surface area (TPSA) is 131 Å². The molecule has 33 heavy (non-hydrogen) atoms. The normalized spacial score (nSPS) is 11.5. The molecule has 168 valence electrons. The van der Waals surface area contributed by atoms with Gasteiger partial charge in [-0.2, -0.15) is 18.4 Å². The quantitative estimate of drug-likeness (QED) is 0.232. The Morgan fingerprint density at radius 3 is 2.42 bits per heavy atom. The summed E-state index contributed by atoms with van der Waals surface area (Å²) in [5.74, 6) is -0.118. The fourth-order valence-electron chi connectivity index (χ4n) is 3.08. The predicted octanol–water partition coefficient (Wildman–Crippen LogP) is 6.54. The highest BCUT2D eigenvalue weighted by atomic mass is 79.9. The maximum Gasteiger partial charge on any atom is 0.418 e. The van der Waals surface area contributed by atoms with E-state index >= 15 is 0 Å². The van der Waals surface area contributed by atoms with Gasteiger partial charge in [0.2, 0.25) is 0 Å². The summed E-state index contributed by atoms with van der Waals surface area (Å²) in [6.45, 7) is 1.54. The maximum absolute atomic E-state index is 13.5. The van der Waals surface area contributed by atoms with Gasteiger partial charge in [0.05, 0.1) is 26.2 Å². The number of nitrogens with zero attached hydrogens (tertiary/aromatic N) is 5. The van der Waals surface area contributed by atoms with Crippen LogP contribution >= 0.6 is 15.9 Å².